The fraction of sp³-hybridized carbons (Fsp3) is 0.227. The summed E-state index contributed by atoms with van der Waals surface area (Å²) < 4.78 is 5.22. The maximum Gasteiger partial charge on any atom is 0.276 e. The van der Waals surface area contributed by atoms with Crippen molar-refractivity contribution < 1.29 is 19.4 Å². The molecule has 0 aliphatic carbocycles. The number of methoxy groups -OCH3 is 1. The summed E-state index contributed by atoms with van der Waals surface area (Å²) in [5.74, 6) is 5.34. The van der Waals surface area contributed by atoms with E-state index < -0.39 is 11.5 Å². The number of nitrogens with zero attached hydrogens (tertiary/aromatic N) is 2. The highest BCUT2D eigenvalue weighted by atomic mass is 16.5. The molecule has 1 aliphatic heterocycles. The van der Waals surface area contributed by atoms with Gasteiger partial charge in [-0.25, -0.2) is 0 Å². The highest BCUT2D eigenvalue weighted by Gasteiger charge is 2.42. The second-order valence-electron chi connectivity index (χ2n) is 7.11. The number of amides is 2. The van der Waals surface area contributed by atoms with E-state index in [9.17, 15) is 14.7 Å². The van der Waals surface area contributed by atoms with Crippen molar-refractivity contribution in [3.8, 4) is 17.6 Å². The number of benzene rings is 2. The van der Waals surface area contributed by atoms with Crippen molar-refractivity contribution in [2.75, 3.05) is 26.0 Å². The zero-order valence-corrected chi connectivity index (χ0v) is 16.5. The first-order valence-corrected chi connectivity index (χ1v) is 9.34. The van der Waals surface area contributed by atoms with Crippen LogP contribution in [0.3, 0.4) is 0 Å². The van der Waals surface area contributed by atoms with Gasteiger partial charge in [-0.3, -0.25) is 14.7 Å². The van der Waals surface area contributed by atoms with Crippen LogP contribution in [0.25, 0.3) is 10.9 Å². The van der Waals surface area contributed by atoms with Gasteiger partial charge in [0.1, 0.15) is 5.75 Å². The summed E-state index contributed by atoms with van der Waals surface area (Å²) in [5, 5.41) is 20.8. The van der Waals surface area contributed by atoms with Crippen LogP contribution in [0.1, 0.15) is 22.5 Å². The van der Waals surface area contributed by atoms with Crippen molar-refractivity contribution >= 4 is 28.4 Å². The molecular weight excluding hydrogens is 384 g/mol. The lowest BCUT2D eigenvalue weighted by atomic mass is 10.0. The molecule has 1 atom stereocenters. The molecule has 2 aromatic carbocycles. The Morgan fingerprint density at radius 2 is 2.17 bits per heavy atom. The quantitative estimate of drug-likeness (QED) is 0.577. The van der Waals surface area contributed by atoms with Gasteiger partial charge < -0.3 is 20.1 Å². The first-order chi connectivity index (χ1) is 14.4. The number of H-pyrrole nitrogens is 1. The van der Waals surface area contributed by atoms with Crippen molar-refractivity contribution in [1.29, 1.82) is 0 Å². The fourth-order valence-electron chi connectivity index (χ4n) is 3.30. The van der Waals surface area contributed by atoms with E-state index in [-0.39, 0.29) is 18.0 Å². The van der Waals surface area contributed by atoms with Gasteiger partial charge in [-0.15, -0.1) is 0 Å². The van der Waals surface area contributed by atoms with Crippen LogP contribution in [-0.4, -0.2) is 58.3 Å². The van der Waals surface area contributed by atoms with Gasteiger partial charge in [-0.05, 0) is 36.4 Å². The Bertz CT molecular complexity index is 1210. The van der Waals surface area contributed by atoms with Crippen LogP contribution < -0.4 is 10.1 Å². The van der Waals surface area contributed by atoms with Gasteiger partial charge >= 0.3 is 0 Å². The Kier molecular flexibility index (Phi) is 4.90. The zero-order chi connectivity index (χ0) is 21.3. The van der Waals surface area contributed by atoms with Gasteiger partial charge in [0.25, 0.3) is 11.8 Å². The SMILES string of the molecule is COc1ccc2[nH]nc(C(=O)Nc3cccc(C#C[C@]4(O)CCN(C)C4=O)c3)c2c1. The molecule has 8 heteroatoms. The van der Waals surface area contributed by atoms with Crippen LogP contribution in [0, 0.1) is 11.8 Å². The van der Waals surface area contributed by atoms with Gasteiger partial charge in [0.05, 0.1) is 12.6 Å². The number of nitrogens with one attached hydrogen (secondary N) is 2. The number of aliphatic hydroxyl groups is 1. The molecule has 30 heavy (non-hydrogen) atoms. The zero-order valence-electron chi connectivity index (χ0n) is 16.5. The number of rotatable bonds is 3. The fourth-order valence-corrected chi connectivity index (χ4v) is 3.30. The smallest absolute Gasteiger partial charge is 0.276 e. The number of hydrogen-bond donors (Lipinski definition) is 3. The minimum absolute atomic E-state index is 0.245. The molecule has 0 spiro atoms. The lowest BCUT2D eigenvalue weighted by Crippen LogP contribution is -2.37. The predicted octanol–water partition coefficient (Wildman–Crippen LogP) is 1.77. The summed E-state index contributed by atoms with van der Waals surface area (Å²) in [7, 11) is 3.19. The third-order valence-electron chi connectivity index (χ3n) is 5.03. The molecule has 1 aliphatic rings. The van der Waals surface area contributed by atoms with E-state index in [1.54, 1.807) is 56.6 Å². The predicted molar refractivity (Wildman–Crippen MR) is 111 cm³/mol. The van der Waals surface area contributed by atoms with E-state index in [4.69, 9.17) is 4.74 Å². The summed E-state index contributed by atoms with van der Waals surface area (Å²) in [4.78, 5) is 26.2. The van der Waals surface area contributed by atoms with Crippen molar-refractivity contribution in [2.24, 2.45) is 0 Å². The Labute approximate surface area is 172 Å². The minimum Gasteiger partial charge on any atom is -0.497 e. The number of fused-ring (bicyclic) bond motifs is 1. The van der Waals surface area contributed by atoms with E-state index in [1.807, 2.05) is 0 Å². The normalized spacial score (nSPS) is 18.2. The lowest BCUT2D eigenvalue weighted by molar-refractivity contribution is -0.137. The number of aromatic amines is 1. The van der Waals surface area contributed by atoms with Crippen molar-refractivity contribution in [2.45, 2.75) is 12.0 Å². The first-order valence-electron chi connectivity index (χ1n) is 9.34. The standard InChI is InChI=1S/C22H20N4O4/c1-26-11-10-22(29,21(26)28)9-8-14-4-3-5-15(12-14)23-20(27)19-17-13-16(30-2)6-7-18(17)24-25-19/h3-7,12-13,29H,10-11H2,1-2H3,(H,23,27)(H,24,25)/t22-/m0/s1. The van der Waals surface area contributed by atoms with Crippen molar-refractivity contribution in [1.82, 2.24) is 15.1 Å². The molecule has 0 bridgehead atoms. The summed E-state index contributed by atoms with van der Waals surface area (Å²) in [6.45, 7) is 0.461. The van der Waals surface area contributed by atoms with E-state index >= 15 is 0 Å². The van der Waals surface area contributed by atoms with E-state index in [1.165, 1.54) is 4.90 Å². The second-order valence-corrected chi connectivity index (χ2v) is 7.11. The molecule has 4 rings (SSSR count). The maximum absolute atomic E-state index is 12.7. The van der Waals surface area contributed by atoms with Gasteiger partial charge in [0.2, 0.25) is 5.60 Å². The molecule has 0 radical (unpaired) electrons. The first kappa shape index (κ1) is 19.5. The monoisotopic (exact) mass is 404 g/mol. The molecule has 0 saturated carbocycles. The van der Waals surface area contributed by atoms with E-state index in [2.05, 4.69) is 27.4 Å². The number of carbonyl (C=O) groups is 2. The number of hydrogen-bond acceptors (Lipinski definition) is 5. The molecule has 0 unspecified atom stereocenters. The average molecular weight is 404 g/mol. The number of anilines is 1. The number of carbonyl (C=O) groups excluding carboxylic acids is 2. The van der Waals surface area contributed by atoms with Gasteiger partial charge in [0.15, 0.2) is 5.69 Å². The number of likely N-dealkylation sites (tertiary alicyclic amines) is 1. The molecule has 8 nitrogen and oxygen atoms in total. The summed E-state index contributed by atoms with van der Waals surface area (Å²) in [6.07, 6.45) is 0.265. The number of likely N-dealkylation sites (N-methyl/N-ethyl adjacent to an activating group) is 1. The number of aromatic nitrogens is 2. The Morgan fingerprint density at radius 1 is 1.33 bits per heavy atom. The molecule has 1 aromatic heterocycles. The van der Waals surface area contributed by atoms with Crippen LogP contribution in [0.4, 0.5) is 5.69 Å². The molecule has 2 amide bonds. The van der Waals surface area contributed by atoms with Crippen molar-refractivity contribution in [3.05, 3.63) is 53.7 Å². The average Bonchev–Trinajstić information content (AvgIpc) is 3.29. The third-order valence-corrected chi connectivity index (χ3v) is 5.03. The Morgan fingerprint density at radius 3 is 2.90 bits per heavy atom. The largest absolute Gasteiger partial charge is 0.497 e. The van der Waals surface area contributed by atoms with Crippen LogP contribution in [-0.2, 0) is 4.79 Å². The molecule has 3 N–H and O–H groups in total. The summed E-state index contributed by atoms with van der Waals surface area (Å²) >= 11 is 0. The van der Waals surface area contributed by atoms with E-state index in [0.717, 1.165) is 5.52 Å². The van der Waals surface area contributed by atoms with Crippen LogP contribution in [0.5, 0.6) is 5.75 Å². The summed E-state index contributed by atoms with van der Waals surface area (Å²) in [6, 6.07) is 12.2. The molecule has 1 fully saturated rings. The van der Waals surface area contributed by atoms with Crippen LogP contribution in [0.15, 0.2) is 42.5 Å². The number of ether oxygens (including phenoxy) is 1. The minimum atomic E-state index is -1.67. The topological polar surface area (TPSA) is 108 Å². The molecule has 152 valence electrons. The second kappa shape index (κ2) is 7.54. The molecule has 2 heterocycles. The van der Waals surface area contributed by atoms with Crippen molar-refractivity contribution in [3.63, 3.8) is 0 Å². The highest BCUT2D eigenvalue weighted by Crippen LogP contribution is 2.23. The van der Waals surface area contributed by atoms with Gasteiger partial charge in [-0.2, -0.15) is 5.10 Å². The Balaban J connectivity index is 1.55. The van der Waals surface area contributed by atoms with Crippen LogP contribution in [0.2, 0.25) is 0 Å². The molecule has 3 aromatic rings. The third kappa shape index (κ3) is 3.58. The van der Waals surface area contributed by atoms with Crippen LogP contribution >= 0.6 is 0 Å². The summed E-state index contributed by atoms with van der Waals surface area (Å²) in [5.41, 5.74) is 0.389. The van der Waals surface area contributed by atoms with Gasteiger partial charge in [-0.1, -0.05) is 17.9 Å². The highest BCUT2D eigenvalue weighted by molar-refractivity contribution is 6.11. The van der Waals surface area contributed by atoms with Gasteiger partial charge in [0, 0.05) is 36.7 Å². The Hall–Kier alpha value is -3.83. The van der Waals surface area contributed by atoms with E-state index in [0.29, 0.717) is 28.9 Å². The maximum atomic E-state index is 12.7. The molecule has 1 saturated heterocycles. The molecular formula is C22H20N4O4. The lowest BCUT2D eigenvalue weighted by Gasteiger charge is -2.13.